The van der Waals surface area contributed by atoms with E-state index in [4.69, 9.17) is 12.6 Å². The number of methoxy groups -OCH3 is 2. The maximum Gasteiger partial charge on any atom is 0.151 e. The van der Waals surface area contributed by atoms with E-state index in [2.05, 4.69) is 4.74 Å². The topological polar surface area (TPSA) is 96.2 Å². The SMILES string of the molecule is [2H]CO[C@@H]([C@@H](O)[C@H](O)CO)[C@H](C=O)OC[2H]. The first-order valence-electron chi connectivity index (χ1n) is 5.27. The van der Waals surface area contributed by atoms with Crippen LogP contribution in [-0.2, 0) is 14.3 Å². The molecule has 4 atom stereocenters. The van der Waals surface area contributed by atoms with Crippen LogP contribution >= 0.6 is 0 Å². The van der Waals surface area contributed by atoms with E-state index in [1.54, 1.807) is 0 Å². The lowest BCUT2D eigenvalue weighted by Gasteiger charge is -2.27. The molecule has 0 fully saturated rings. The van der Waals surface area contributed by atoms with Gasteiger partial charge in [0.15, 0.2) is 6.29 Å². The molecule has 0 radical (unpaired) electrons. The predicted octanol–water partition coefficient (Wildman–Crippen LogP) is -2.07. The van der Waals surface area contributed by atoms with Gasteiger partial charge in [0.25, 0.3) is 0 Å². The van der Waals surface area contributed by atoms with E-state index in [-0.39, 0.29) is 0 Å². The Bertz CT molecular complexity index is 193. The van der Waals surface area contributed by atoms with Gasteiger partial charge in [0, 0.05) is 14.2 Å². The van der Waals surface area contributed by atoms with Crippen molar-refractivity contribution in [1.82, 2.24) is 0 Å². The van der Waals surface area contributed by atoms with Crippen molar-refractivity contribution in [1.29, 1.82) is 0 Å². The van der Waals surface area contributed by atoms with Crippen LogP contribution in [0.1, 0.15) is 2.74 Å². The van der Waals surface area contributed by atoms with Crippen molar-refractivity contribution >= 4 is 6.29 Å². The summed E-state index contributed by atoms with van der Waals surface area (Å²) < 4.78 is 23.0. The number of aliphatic hydroxyl groups is 3. The zero-order chi connectivity index (χ0) is 12.6. The van der Waals surface area contributed by atoms with E-state index in [1.165, 1.54) is 0 Å². The maximum atomic E-state index is 10.6. The molecule has 0 spiro atoms. The summed E-state index contributed by atoms with van der Waals surface area (Å²) in [5.41, 5.74) is 0. The van der Waals surface area contributed by atoms with Crippen molar-refractivity contribution in [3.05, 3.63) is 0 Å². The van der Waals surface area contributed by atoms with Crippen molar-refractivity contribution in [3.8, 4) is 0 Å². The fraction of sp³-hybridized carbons (Fsp3) is 0.875. The third kappa shape index (κ3) is 3.32. The summed E-state index contributed by atoms with van der Waals surface area (Å²) in [6, 6.07) is 0. The first-order valence-corrected chi connectivity index (χ1v) is 3.86. The van der Waals surface area contributed by atoms with Crippen LogP contribution in [0.2, 0.25) is 0 Å². The van der Waals surface area contributed by atoms with Crippen LogP contribution < -0.4 is 0 Å². The molecule has 3 N–H and O–H groups in total. The number of aldehydes is 1. The van der Waals surface area contributed by atoms with E-state index < -0.39 is 45.2 Å². The summed E-state index contributed by atoms with van der Waals surface area (Å²) in [6.45, 7) is -0.717. The lowest BCUT2D eigenvalue weighted by atomic mass is 10.0. The summed E-state index contributed by atoms with van der Waals surface area (Å²) in [5, 5.41) is 27.3. The van der Waals surface area contributed by atoms with E-state index in [0.717, 1.165) is 0 Å². The Morgan fingerprint density at radius 3 is 2.50 bits per heavy atom. The van der Waals surface area contributed by atoms with Crippen molar-refractivity contribution in [3.63, 3.8) is 0 Å². The fourth-order valence-corrected chi connectivity index (χ4v) is 0.926. The van der Waals surface area contributed by atoms with Gasteiger partial charge in [-0.3, -0.25) is 0 Å². The van der Waals surface area contributed by atoms with Gasteiger partial charge in [0.05, 0.1) is 9.35 Å². The molecule has 0 amide bonds. The zero-order valence-electron chi connectivity index (χ0n) is 9.57. The Balaban J connectivity index is 4.60. The van der Waals surface area contributed by atoms with Crippen molar-refractivity contribution < 1.29 is 32.3 Å². The molecule has 6 nitrogen and oxygen atoms in total. The minimum absolute atomic E-state index is 0.308. The van der Waals surface area contributed by atoms with Crippen LogP contribution in [0.15, 0.2) is 0 Å². The second-order valence-corrected chi connectivity index (χ2v) is 2.64. The minimum Gasteiger partial charge on any atom is -0.394 e. The van der Waals surface area contributed by atoms with E-state index >= 15 is 0 Å². The molecule has 0 bridgehead atoms. The highest BCUT2D eigenvalue weighted by Gasteiger charge is 2.32. The van der Waals surface area contributed by atoms with Crippen LogP contribution in [0.5, 0.6) is 0 Å². The second kappa shape index (κ2) is 6.86. The van der Waals surface area contributed by atoms with Crippen LogP contribution in [0.25, 0.3) is 0 Å². The van der Waals surface area contributed by atoms with E-state index in [1.807, 2.05) is 0 Å². The number of ether oxygens (including phenoxy) is 2. The largest absolute Gasteiger partial charge is 0.394 e. The molecule has 0 aliphatic carbocycles. The Kier molecular flexibility index (Phi) is 4.90. The van der Waals surface area contributed by atoms with E-state index in [9.17, 15) is 15.0 Å². The number of carbonyl (C=O) groups is 1. The van der Waals surface area contributed by atoms with Crippen LogP contribution in [0.3, 0.4) is 0 Å². The van der Waals surface area contributed by atoms with Crippen LogP contribution in [0.4, 0.5) is 0 Å². The molecule has 0 rings (SSSR count). The zero-order valence-corrected chi connectivity index (χ0v) is 7.57. The van der Waals surface area contributed by atoms with Gasteiger partial charge in [-0.15, -0.1) is 0 Å². The third-order valence-corrected chi connectivity index (χ3v) is 1.76. The Morgan fingerprint density at radius 1 is 1.43 bits per heavy atom. The molecule has 0 aliphatic rings. The smallest absolute Gasteiger partial charge is 0.151 e. The van der Waals surface area contributed by atoms with Gasteiger partial charge in [-0.2, -0.15) is 0 Å². The molecule has 0 saturated heterocycles. The summed E-state index contributed by atoms with van der Waals surface area (Å²) in [7, 11) is -1.07. The van der Waals surface area contributed by atoms with Gasteiger partial charge in [-0.25, -0.2) is 0 Å². The van der Waals surface area contributed by atoms with Crippen LogP contribution in [-0.4, -0.2) is 66.8 Å². The summed E-state index contributed by atoms with van der Waals surface area (Å²) >= 11 is 0. The third-order valence-electron chi connectivity index (χ3n) is 1.76. The number of carbonyl (C=O) groups excluding carboxylic acids is 1. The summed E-state index contributed by atoms with van der Waals surface area (Å²) in [6.07, 6.45) is -5.32. The Hall–Kier alpha value is -0.530. The summed E-state index contributed by atoms with van der Waals surface area (Å²) in [4.78, 5) is 10.6. The Morgan fingerprint density at radius 2 is 2.07 bits per heavy atom. The first-order chi connectivity index (χ1) is 7.62. The minimum atomic E-state index is -1.57. The first kappa shape index (κ1) is 10.0. The molecular weight excluding hydrogens is 192 g/mol. The highest BCUT2D eigenvalue weighted by Crippen LogP contribution is 2.09. The molecule has 0 aromatic rings. The van der Waals surface area contributed by atoms with Gasteiger partial charge in [0.2, 0.25) is 0 Å². The molecule has 0 aliphatic heterocycles. The monoisotopic (exact) mass is 210 g/mol. The number of hydrogen-bond acceptors (Lipinski definition) is 6. The normalized spacial score (nSPS) is 21.6. The number of rotatable bonds is 7. The lowest BCUT2D eigenvalue weighted by molar-refractivity contribution is -0.148. The molecule has 6 heteroatoms. The van der Waals surface area contributed by atoms with Crippen molar-refractivity contribution in [2.45, 2.75) is 24.4 Å². The maximum absolute atomic E-state index is 10.6. The number of aliphatic hydroxyl groups excluding tert-OH is 3. The molecule has 0 saturated carbocycles. The highest BCUT2D eigenvalue weighted by molar-refractivity contribution is 5.57. The number of hydrogen-bond donors (Lipinski definition) is 3. The lowest BCUT2D eigenvalue weighted by Crippen LogP contribution is -2.48. The van der Waals surface area contributed by atoms with Gasteiger partial charge in [0.1, 0.15) is 24.4 Å². The summed E-state index contributed by atoms with van der Waals surface area (Å²) in [5.74, 6) is 0. The van der Waals surface area contributed by atoms with Gasteiger partial charge < -0.3 is 29.6 Å². The van der Waals surface area contributed by atoms with E-state index in [0.29, 0.717) is 6.29 Å². The van der Waals surface area contributed by atoms with Crippen molar-refractivity contribution in [2.24, 2.45) is 0 Å². The fourth-order valence-electron chi connectivity index (χ4n) is 0.926. The van der Waals surface area contributed by atoms with Gasteiger partial charge in [-0.05, 0) is 0 Å². The highest BCUT2D eigenvalue weighted by atomic mass is 16.5. The average Bonchev–Trinajstić information content (AvgIpc) is 2.31. The second-order valence-electron chi connectivity index (χ2n) is 2.64. The van der Waals surface area contributed by atoms with Gasteiger partial charge in [-0.1, -0.05) is 0 Å². The Labute approximate surface area is 84.9 Å². The average molecular weight is 210 g/mol. The molecule has 84 valence electrons. The molecular formula is C8H16O6. The van der Waals surface area contributed by atoms with Crippen molar-refractivity contribution in [2.75, 3.05) is 20.8 Å². The van der Waals surface area contributed by atoms with Gasteiger partial charge >= 0.3 is 0 Å². The molecule has 0 unspecified atom stereocenters. The molecule has 0 heterocycles. The molecule has 14 heavy (non-hydrogen) atoms. The molecule has 0 aromatic heterocycles. The predicted molar refractivity (Wildman–Crippen MR) is 46.8 cm³/mol. The quantitative estimate of drug-likeness (QED) is 0.418. The molecule has 0 aromatic carbocycles. The standard InChI is InChI=1S/C8H16O6/c1-13-6(4-10)8(14-2)7(12)5(11)3-9/h4-9,11-12H,3H2,1-2H3/t5-,6+,7+,8-/m1/s1/i1D,2D. The van der Waals surface area contributed by atoms with Crippen LogP contribution in [0, 0.1) is 0 Å².